The molecular formula is C27H32N8O. The number of phenols is 1. The number of rotatable bonds is 4. The third-order valence-electron chi connectivity index (χ3n) is 6.70. The van der Waals surface area contributed by atoms with E-state index in [0.29, 0.717) is 22.6 Å². The van der Waals surface area contributed by atoms with Crippen molar-refractivity contribution in [1.29, 1.82) is 0 Å². The van der Waals surface area contributed by atoms with Gasteiger partial charge in [-0.2, -0.15) is 5.11 Å². The molecule has 186 valence electrons. The number of aryl methyl sites for hydroxylation is 1. The Morgan fingerprint density at radius 1 is 1.03 bits per heavy atom. The van der Waals surface area contributed by atoms with Crippen LogP contribution in [0.4, 0.5) is 5.82 Å². The van der Waals surface area contributed by atoms with Gasteiger partial charge in [0.2, 0.25) is 0 Å². The molecule has 1 aliphatic rings. The lowest BCUT2D eigenvalue weighted by atomic mass is 9.79. The topological polar surface area (TPSA) is 113 Å². The first-order valence-corrected chi connectivity index (χ1v) is 12.2. The fourth-order valence-electron chi connectivity index (χ4n) is 5.48. The summed E-state index contributed by atoms with van der Waals surface area (Å²) >= 11 is 0. The van der Waals surface area contributed by atoms with E-state index < -0.39 is 0 Å². The first-order chi connectivity index (χ1) is 17.0. The van der Waals surface area contributed by atoms with Gasteiger partial charge in [0.05, 0.1) is 11.7 Å². The van der Waals surface area contributed by atoms with E-state index in [1.807, 2.05) is 41.9 Å². The molecule has 0 unspecified atom stereocenters. The highest BCUT2D eigenvalue weighted by molar-refractivity contribution is 5.81. The maximum Gasteiger partial charge on any atom is 0.178 e. The number of nitrogens with one attached hydrogen (secondary N) is 1. The van der Waals surface area contributed by atoms with E-state index in [4.69, 9.17) is 4.98 Å². The zero-order chi connectivity index (χ0) is 25.7. The van der Waals surface area contributed by atoms with Gasteiger partial charge in [-0.05, 0) is 77.3 Å². The summed E-state index contributed by atoms with van der Waals surface area (Å²) in [5.74, 6) is 0.709. The van der Waals surface area contributed by atoms with E-state index in [9.17, 15) is 5.11 Å². The number of aromatic hydroxyl groups is 1. The molecule has 3 aromatic heterocycles. The number of fused-ring (bicyclic) bond motifs is 1. The largest absolute Gasteiger partial charge is 0.507 e. The number of piperidine rings is 1. The first-order valence-electron chi connectivity index (χ1n) is 12.2. The van der Waals surface area contributed by atoms with Crippen LogP contribution in [-0.2, 0) is 0 Å². The fourth-order valence-corrected chi connectivity index (χ4v) is 5.48. The molecule has 0 aliphatic carbocycles. The van der Waals surface area contributed by atoms with Crippen molar-refractivity contribution < 1.29 is 5.11 Å². The molecule has 4 aromatic rings. The van der Waals surface area contributed by atoms with Crippen molar-refractivity contribution in [2.75, 3.05) is 7.05 Å². The molecule has 1 fully saturated rings. The second-order valence-electron chi connectivity index (χ2n) is 10.9. The molecule has 1 saturated heterocycles. The van der Waals surface area contributed by atoms with Crippen molar-refractivity contribution in [2.24, 2.45) is 10.2 Å². The number of pyridine rings is 2. The van der Waals surface area contributed by atoms with Gasteiger partial charge in [0.15, 0.2) is 11.5 Å². The zero-order valence-electron chi connectivity index (χ0n) is 21.6. The normalized spacial score (nSPS) is 17.7. The third kappa shape index (κ3) is 4.58. The molecule has 0 spiro atoms. The molecule has 9 nitrogen and oxygen atoms in total. The average molecular weight is 485 g/mol. The third-order valence-corrected chi connectivity index (χ3v) is 6.70. The highest BCUT2D eigenvalue weighted by Gasteiger charge is 2.39. The molecular weight excluding hydrogens is 452 g/mol. The van der Waals surface area contributed by atoms with Crippen LogP contribution in [0.1, 0.15) is 52.1 Å². The second kappa shape index (κ2) is 8.74. The van der Waals surface area contributed by atoms with Crippen LogP contribution < -0.4 is 5.32 Å². The number of benzene rings is 1. The Labute approximate surface area is 210 Å². The lowest BCUT2D eigenvalue weighted by molar-refractivity contribution is 0.127. The summed E-state index contributed by atoms with van der Waals surface area (Å²) in [6.45, 7) is 10.8. The number of nitrogens with zero attached hydrogens (tertiary/aromatic N) is 7. The SMILES string of the molecule is CN=Nc1nc(-c2ccc(-c3cnc4c(c3)nnn4C3CC(C)(C)NC(C)(C)C3)c(O)c2)ccc1C. The number of hydrogen-bond donors (Lipinski definition) is 2. The lowest BCUT2D eigenvalue weighted by Crippen LogP contribution is -2.58. The van der Waals surface area contributed by atoms with Crippen LogP contribution in [0, 0.1) is 6.92 Å². The number of phenolic OH excluding ortho intramolecular Hbond substituents is 1. The maximum absolute atomic E-state index is 10.9. The second-order valence-corrected chi connectivity index (χ2v) is 10.9. The Morgan fingerprint density at radius 3 is 2.47 bits per heavy atom. The quantitative estimate of drug-likeness (QED) is 0.356. The summed E-state index contributed by atoms with van der Waals surface area (Å²) in [5, 5.41) is 31.4. The Morgan fingerprint density at radius 2 is 1.78 bits per heavy atom. The summed E-state index contributed by atoms with van der Waals surface area (Å²) in [6.07, 6.45) is 3.65. The van der Waals surface area contributed by atoms with Gasteiger partial charge < -0.3 is 10.4 Å². The molecule has 36 heavy (non-hydrogen) atoms. The molecule has 0 saturated carbocycles. The highest BCUT2D eigenvalue weighted by Crippen LogP contribution is 2.38. The van der Waals surface area contributed by atoms with Gasteiger partial charge in [0, 0.05) is 41.0 Å². The van der Waals surface area contributed by atoms with Gasteiger partial charge in [-0.15, -0.1) is 10.2 Å². The van der Waals surface area contributed by atoms with E-state index >= 15 is 0 Å². The van der Waals surface area contributed by atoms with Crippen LogP contribution in [0.25, 0.3) is 33.5 Å². The molecule has 4 heterocycles. The van der Waals surface area contributed by atoms with E-state index in [1.54, 1.807) is 19.3 Å². The van der Waals surface area contributed by atoms with Crippen molar-refractivity contribution >= 4 is 17.0 Å². The first kappa shape index (κ1) is 24.0. The van der Waals surface area contributed by atoms with Crippen LogP contribution in [0.3, 0.4) is 0 Å². The van der Waals surface area contributed by atoms with Crippen molar-refractivity contribution in [3.05, 3.63) is 48.2 Å². The Bertz CT molecular complexity index is 1450. The van der Waals surface area contributed by atoms with E-state index in [0.717, 1.165) is 35.2 Å². The summed E-state index contributed by atoms with van der Waals surface area (Å²) in [4.78, 5) is 9.30. The molecule has 1 aliphatic heterocycles. The summed E-state index contributed by atoms with van der Waals surface area (Å²) in [6, 6.07) is 11.5. The van der Waals surface area contributed by atoms with E-state index in [2.05, 4.69) is 58.5 Å². The van der Waals surface area contributed by atoms with Gasteiger partial charge in [-0.3, -0.25) is 0 Å². The van der Waals surface area contributed by atoms with Crippen molar-refractivity contribution in [2.45, 2.75) is 64.6 Å². The molecule has 9 heteroatoms. The summed E-state index contributed by atoms with van der Waals surface area (Å²) in [7, 11) is 1.62. The minimum Gasteiger partial charge on any atom is -0.507 e. The van der Waals surface area contributed by atoms with Crippen LogP contribution in [0.2, 0.25) is 0 Å². The van der Waals surface area contributed by atoms with E-state index in [1.165, 1.54) is 0 Å². The maximum atomic E-state index is 10.9. The smallest absolute Gasteiger partial charge is 0.178 e. The number of hydrogen-bond acceptors (Lipinski definition) is 8. The molecule has 0 atom stereocenters. The minimum absolute atomic E-state index is 0.00929. The summed E-state index contributed by atoms with van der Waals surface area (Å²) < 4.78 is 1.96. The summed E-state index contributed by atoms with van der Waals surface area (Å²) in [5.41, 5.74) is 5.35. The molecule has 0 amide bonds. The van der Waals surface area contributed by atoms with Gasteiger partial charge in [0.25, 0.3) is 0 Å². The van der Waals surface area contributed by atoms with E-state index in [-0.39, 0.29) is 22.9 Å². The molecule has 1 aromatic carbocycles. The molecule has 5 rings (SSSR count). The monoisotopic (exact) mass is 484 g/mol. The van der Waals surface area contributed by atoms with Crippen LogP contribution in [-0.4, -0.2) is 48.2 Å². The molecule has 0 bridgehead atoms. The van der Waals surface area contributed by atoms with Gasteiger partial charge in [0.1, 0.15) is 11.3 Å². The van der Waals surface area contributed by atoms with Crippen molar-refractivity contribution in [3.63, 3.8) is 0 Å². The van der Waals surface area contributed by atoms with Crippen LogP contribution in [0.15, 0.2) is 52.8 Å². The standard InChI is InChI=1S/C27H32N8O/c1-16-7-10-21(30-24(16)32-28-6)17-8-9-20(23(36)12-17)18-11-22-25(29-15-18)35(34-31-22)19-13-26(2,3)33-27(4,5)14-19/h7-12,15,19,33,36H,13-14H2,1-6H3. The van der Waals surface area contributed by atoms with Crippen LogP contribution in [0.5, 0.6) is 5.75 Å². The fraction of sp³-hybridized carbons (Fsp3) is 0.407. The molecule has 2 N–H and O–H groups in total. The average Bonchev–Trinajstić information content (AvgIpc) is 3.22. The number of aromatic nitrogens is 5. The molecule has 0 radical (unpaired) electrons. The Kier molecular flexibility index (Phi) is 5.83. The van der Waals surface area contributed by atoms with Gasteiger partial charge >= 0.3 is 0 Å². The zero-order valence-corrected chi connectivity index (χ0v) is 21.6. The van der Waals surface area contributed by atoms with Gasteiger partial charge in [-0.1, -0.05) is 17.3 Å². The Balaban J connectivity index is 1.46. The van der Waals surface area contributed by atoms with Crippen molar-refractivity contribution in [3.8, 4) is 28.1 Å². The van der Waals surface area contributed by atoms with Crippen LogP contribution >= 0.6 is 0 Å². The highest BCUT2D eigenvalue weighted by atomic mass is 16.3. The predicted octanol–water partition coefficient (Wildman–Crippen LogP) is 5.76. The number of azo groups is 1. The van der Waals surface area contributed by atoms with Crippen molar-refractivity contribution in [1.82, 2.24) is 30.3 Å². The predicted molar refractivity (Wildman–Crippen MR) is 140 cm³/mol. The minimum atomic E-state index is -0.00929. The van der Waals surface area contributed by atoms with Gasteiger partial charge in [-0.25, -0.2) is 14.6 Å². The lowest BCUT2D eigenvalue weighted by Gasteiger charge is -2.46. The Hall–Kier alpha value is -3.72.